The first kappa shape index (κ1) is 10.3. The van der Waals surface area contributed by atoms with Gasteiger partial charge in [0.25, 0.3) is 0 Å². The predicted molar refractivity (Wildman–Crippen MR) is 46.2 cm³/mol. The molecule has 0 spiro atoms. The van der Waals surface area contributed by atoms with E-state index in [2.05, 4.69) is 5.92 Å². The van der Waals surface area contributed by atoms with E-state index < -0.39 is 17.9 Å². The van der Waals surface area contributed by atoms with E-state index in [1.54, 1.807) is 0 Å². The van der Waals surface area contributed by atoms with E-state index in [0.717, 1.165) is 4.90 Å². The number of likely N-dealkylation sites (tertiary alicyclic amines) is 1. The molecule has 1 atom stereocenters. The van der Waals surface area contributed by atoms with Crippen molar-refractivity contribution in [3.05, 3.63) is 0 Å². The number of aliphatic carboxylic acids is 1. The van der Waals surface area contributed by atoms with Crippen LogP contribution in [0.3, 0.4) is 0 Å². The number of rotatable bonds is 3. The Morgan fingerprint density at radius 2 is 2.29 bits per heavy atom. The van der Waals surface area contributed by atoms with Gasteiger partial charge in [0.15, 0.2) is 5.78 Å². The molecule has 1 unspecified atom stereocenters. The molecule has 0 bridgehead atoms. The second-order valence-corrected chi connectivity index (χ2v) is 3.00. The molecule has 1 rings (SSSR count). The molecule has 1 aliphatic rings. The lowest BCUT2D eigenvalue weighted by Gasteiger charge is -2.21. The number of nitrogens with zero attached hydrogens (tertiary/aromatic N) is 1. The number of carboxylic acid groups (broad SMARTS) is 1. The van der Waals surface area contributed by atoms with Gasteiger partial charge in [-0.05, 0) is 0 Å². The van der Waals surface area contributed by atoms with Crippen LogP contribution in [0.2, 0.25) is 0 Å². The van der Waals surface area contributed by atoms with Gasteiger partial charge in [0, 0.05) is 6.42 Å². The van der Waals surface area contributed by atoms with Crippen molar-refractivity contribution >= 4 is 17.7 Å². The second kappa shape index (κ2) is 3.92. The zero-order valence-corrected chi connectivity index (χ0v) is 7.40. The molecule has 14 heavy (non-hydrogen) atoms. The number of carboxylic acids is 1. The summed E-state index contributed by atoms with van der Waals surface area (Å²) in [5.41, 5.74) is 0. The Labute approximate surface area is 80.7 Å². The molecule has 0 aromatic carbocycles. The molecule has 0 aromatic heterocycles. The number of Topliss-reactive ketones (excluding diaryl/α,β-unsaturated/α-hetero) is 1. The van der Waals surface area contributed by atoms with Gasteiger partial charge in [0.05, 0.1) is 13.0 Å². The standard InChI is InChI=1S/C9H9NO4/c1-2-3-7(9(13)14)10-5-6(11)4-8(10)12/h1,7H,3-5H2,(H,13,14). The summed E-state index contributed by atoms with van der Waals surface area (Å²) in [6, 6.07) is -1.07. The third-order valence-electron chi connectivity index (χ3n) is 1.99. The number of ketones is 1. The zero-order valence-electron chi connectivity index (χ0n) is 7.40. The van der Waals surface area contributed by atoms with Crippen molar-refractivity contribution in [3.8, 4) is 12.3 Å². The smallest absolute Gasteiger partial charge is 0.327 e. The Morgan fingerprint density at radius 3 is 2.64 bits per heavy atom. The predicted octanol–water partition coefficient (Wildman–Crippen LogP) is -0.736. The van der Waals surface area contributed by atoms with Crippen LogP contribution < -0.4 is 0 Å². The molecule has 1 saturated heterocycles. The molecule has 5 heteroatoms. The van der Waals surface area contributed by atoms with E-state index in [1.807, 2.05) is 0 Å². The molecule has 0 aliphatic carbocycles. The first-order chi connectivity index (χ1) is 6.56. The molecular weight excluding hydrogens is 186 g/mol. The van der Waals surface area contributed by atoms with E-state index in [1.165, 1.54) is 0 Å². The minimum atomic E-state index is -1.17. The van der Waals surface area contributed by atoms with Crippen LogP contribution >= 0.6 is 0 Å². The molecule has 1 heterocycles. The van der Waals surface area contributed by atoms with Crippen molar-refractivity contribution in [2.24, 2.45) is 0 Å². The number of hydrogen-bond donors (Lipinski definition) is 1. The van der Waals surface area contributed by atoms with Gasteiger partial charge in [0.2, 0.25) is 5.91 Å². The second-order valence-electron chi connectivity index (χ2n) is 3.00. The molecule has 5 nitrogen and oxygen atoms in total. The average Bonchev–Trinajstić information content (AvgIpc) is 2.40. The molecule has 0 saturated carbocycles. The maximum absolute atomic E-state index is 11.2. The van der Waals surface area contributed by atoms with Crippen LogP contribution in [0.15, 0.2) is 0 Å². The van der Waals surface area contributed by atoms with E-state index in [9.17, 15) is 14.4 Å². The normalized spacial score (nSPS) is 18.1. The third kappa shape index (κ3) is 1.91. The maximum atomic E-state index is 11.2. The van der Waals surface area contributed by atoms with Gasteiger partial charge in [-0.1, -0.05) is 0 Å². The fourth-order valence-corrected chi connectivity index (χ4v) is 1.33. The van der Waals surface area contributed by atoms with Crippen molar-refractivity contribution in [2.45, 2.75) is 18.9 Å². The molecular formula is C9H9NO4. The fraction of sp³-hybridized carbons (Fsp3) is 0.444. The lowest BCUT2D eigenvalue weighted by molar-refractivity contribution is -0.148. The third-order valence-corrected chi connectivity index (χ3v) is 1.99. The van der Waals surface area contributed by atoms with Crippen molar-refractivity contribution in [3.63, 3.8) is 0 Å². The van der Waals surface area contributed by atoms with Gasteiger partial charge >= 0.3 is 5.97 Å². The molecule has 1 aliphatic heterocycles. The monoisotopic (exact) mass is 195 g/mol. The van der Waals surface area contributed by atoms with Gasteiger partial charge in [0.1, 0.15) is 6.04 Å². The highest BCUT2D eigenvalue weighted by Crippen LogP contribution is 2.13. The van der Waals surface area contributed by atoms with Gasteiger partial charge < -0.3 is 10.0 Å². The summed E-state index contributed by atoms with van der Waals surface area (Å²) in [6.45, 7) is -0.141. The summed E-state index contributed by atoms with van der Waals surface area (Å²) in [4.78, 5) is 33.8. The van der Waals surface area contributed by atoms with Crippen LogP contribution in [-0.4, -0.2) is 40.3 Å². The van der Waals surface area contributed by atoms with Crippen LogP contribution in [0.5, 0.6) is 0 Å². The molecule has 1 fully saturated rings. The number of hydrogen-bond acceptors (Lipinski definition) is 3. The Balaban J connectivity index is 2.79. The summed E-state index contributed by atoms with van der Waals surface area (Å²) < 4.78 is 0. The number of terminal acetylenes is 1. The minimum absolute atomic E-state index is 0.0750. The first-order valence-electron chi connectivity index (χ1n) is 4.03. The minimum Gasteiger partial charge on any atom is -0.480 e. The SMILES string of the molecule is C#CCC(C(=O)O)N1CC(=O)CC1=O. The summed E-state index contributed by atoms with van der Waals surface area (Å²) in [5, 5.41) is 8.77. The van der Waals surface area contributed by atoms with Gasteiger partial charge in [-0.2, -0.15) is 0 Å². The Bertz CT molecular complexity index is 328. The quantitative estimate of drug-likeness (QED) is 0.475. The number of amides is 1. The summed E-state index contributed by atoms with van der Waals surface area (Å²) in [7, 11) is 0. The molecule has 1 N–H and O–H groups in total. The van der Waals surface area contributed by atoms with Gasteiger partial charge in [-0.3, -0.25) is 9.59 Å². The van der Waals surface area contributed by atoms with Crippen LogP contribution in [0, 0.1) is 12.3 Å². The van der Waals surface area contributed by atoms with Crippen molar-refractivity contribution in [2.75, 3.05) is 6.54 Å². The van der Waals surface area contributed by atoms with Gasteiger partial charge in [-0.25, -0.2) is 4.79 Å². The van der Waals surface area contributed by atoms with Gasteiger partial charge in [-0.15, -0.1) is 12.3 Å². The molecule has 0 aromatic rings. The lowest BCUT2D eigenvalue weighted by atomic mass is 10.2. The van der Waals surface area contributed by atoms with Crippen molar-refractivity contribution in [1.29, 1.82) is 0 Å². The molecule has 1 amide bonds. The van der Waals surface area contributed by atoms with Crippen LogP contribution in [-0.2, 0) is 14.4 Å². The van der Waals surface area contributed by atoms with E-state index in [4.69, 9.17) is 11.5 Å². The topological polar surface area (TPSA) is 74.7 Å². The van der Waals surface area contributed by atoms with Crippen LogP contribution in [0.4, 0.5) is 0 Å². The highest BCUT2D eigenvalue weighted by atomic mass is 16.4. The first-order valence-corrected chi connectivity index (χ1v) is 4.03. The largest absolute Gasteiger partial charge is 0.480 e. The van der Waals surface area contributed by atoms with Crippen LogP contribution in [0.25, 0.3) is 0 Å². The lowest BCUT2D eigenvalue weighted by Crippen LogP contribution is -2.42. The van der Waals surface area contributed by atoms with E-state index >= 15 is 0 Å². The Morgan fingerprint density at radius 1 is 1.64 bits per heavy atom. The fourth-order valence-electron chi connectivity index (χ4n) is 1.33. The average molecular weight is 195 g/mol. The summed E-state index contributed by atoms with van der Waals surface area (Å²) in [6.07, 6.45) is 4.69. The highest BCUT2D eigenvalue weighted by molar-refractivity contribution is 6.06. The van der Waals surface area contributed by atoms with E-state index in [0.29, 0.717) is 0 Å². The van der Waals surface area contributed by atoms with Crippen LogP contribution in [0.1, 0.15) is 12.8 Å². The Hall–Kier alpha value is -1.83. The highest BCUT2D eigenvalue weighted by Gasteiger charge is 2.36. The van der Waals surface area contributed by atoms with Crippen molar-refractivity contribution in [1.82, 2.24) is 4.90 Å². The number of carbonyl (C=O) groups is 3. The summed E-state index contributed by atoms with van der Waals surface area (Å²) >= 11 is 0. The Kier molecular flexibility index (Phi) is 2.87. The van der Waals surface area contributed by atoms with E-state index in [-0.39, 0.29) is 25.2 Å². The molecule has 74 valence electrons. The molecule has 0 radical (unpaired) electrons. The maximum Gasteiger partial charge on any atom is 0.327 e. The number of carbonyl (C=O) groups excluding carboxylic acids is 2. The van der Waals surface area contributed by atoms with Crippen molar-refractivity contribution < 1.29 is 19.5 Å². The summed E-state index contributed by atoms with van der Waals surface area (Å²) in [5.74, 6) is 0.274. The zero-order chi connectivity index (χ0) is 10.7.